The van der Waals surface area contributed by atoms with Crippen molar-refractivity contribution in [1.82, 2.24) is 15.2 Å². The molecule has 0 saturated carbocycles. The molecule has 3 fully saturated rings. The number of nitriles is 3. The van der Waals surface area contributed by atoms with Crippen LogP contribution in [0.4, 0.5) is 0 Å². The lowest BCUT2D eigenvalue weighted by molar-refractivity contribution is 0.00578. The summed E-state index contributed by atoms with van der Waals surface area (Å²) in [5.41, 5.74) is 2.01. The van der Waals surface area contributed by atoms with Crippen molar-refractivity contribution in [2.75, 3.05) is 21.3 Å². The number of hydrogen-bond acceptors (Lipinski definition) is 14. The number of ether oxygens (including phenoxy) is 3. The van der Waals surface area contributed by atoms with Gasteiger partial charge in [-0.3, -0.25) is 0 Å². The van der Waals surface area contributed by atoms with E-state index in [9.17, 15) is 0 Å². The van der Waals surface area contributed by atoms with Crippen molar-refractivity contribution in [2.24, 2.45) is 0 Å². The first-order chi connectivity index (χ1) is 30.2. The molecule has 0 atom stereocenters. The van der Waals surface area contributed by atoms with Gasteiger partial charge < -0.3 is 42.7 Å². The van der Waals surface area contributed by atoms with E-state index in [1.54, 1.807) is 62.9 Å². The van der Waals surface area contributed by atoms with E-state index in [0.29, 0.717) is 39.6 Å². The number of halogens is 2. The highest BCUT2D eigenvalue weighted by molar-refractivity contribution is 9.10. The predicted molar refractivity (Wildman–Crippen MR) is 257 cm³/mol. The second kappa shape index (κ2) is 20.9. The van der Waals surface area contributed by atoms with Crippen LogP contribution in [0.3, 0.4) is 0 Å². The van der Waals surface area contributed by atoms with Crippen LogP contribution in [0, 0.1) is 34.0 Å². The SMILES string of the molecule is CC1(C)NB(B2OC(C)(C)C(C)(C)O2)OC1(C)C.COc1ccc(-c2ccnc(Cl)n2)cc1C#N.COc1ccc(B2OC(C)(C)C(C)(C)O2)cc1C#N.COc1ccc(Br)cc1C#N. The minimum absolute atomic E-state index is 0.110. The van der Waals surface area contributed by atoms with E-state index in [2.05, 4.69) is 98.7 Å². The standard InChI is InChI=1S/C14H18BNO3.C12H25B2NO3.C12H8ClN3O.C8H6BrNO/c1-13(2)14(3,4)19-15(18-13)11-6-7-12(17-5)10(8-11)9-16;1-9(2)10(3,4)16-13(15-9)14-17-11(5,6)12(7,8)18-14;1-17-11-3-2-8(6-9(11)7-14)10-4-5-15-12(13)16-10;1-11-8-3-2-7(9)4-6(8)5-10/h6-8H,1-5H3;15H,1-8H3;2-6H,1H3;2-4H,1H3. The molecule has 65 heavy (non-hydrogen) atoms. The quantitative estimate of drug-likeness (QED) is 0.143. The molecule has 1 N–H and O–H groups in total. The van der Waals surface area contributed by atoms with Crippen LogP contribution in [0.15, 0.2) is 71.3 Å². The number of methoxy groups -OCH3 is 3. The Labute approximate surface area is 398 Å². The van der Waals surface area contributed by atoms with Crippen molar-refractivity contribution in [2.45, 2.75) is 117 Å². The van der Waals surface area contributed by atoms with Gasteiger partial charge in [0, 0.05) is 21.8 Å². The molecule has 3 aliphatic heterocycles. The van der Waals surface area contributed by atoms with Crippen molar-refractivity contribution in [3.63, 3.8) is 0 Å². The summed E-state index contributed by atoms with van der Waals surface area (Å²) in [6.07, 6.45) is 1.57. The maximum atomic E-state index is 9.11. The molecule has 342 valence electrons. The summed E-state index contributed by atoms with van der Waals surface area (Å²) in [6.45, 7) is 24.4. The average Bonchev–Trinajstić information content (AvgIpc) is 3.72. The van der Waals surface area contributed by atoms with Crippen LogP contribution in [0.1, 0.15) is 99.8 Å². The fourth-order valence-corrected chi connectivity index (χ4v) is 6.82. The Balaban J connectivity index is 0.000000193. The van der Waals surface area contributed by atoms with E-state index in [4.69, 9.17) is 64.9 Å². The lowest BCUT2D eigenvalue weighted by Gasteiger charge is -2.33. The van der Waals surface area contributed by atoms with Crippen LogP contribution in [0.2, 0.25) is 5.28 Å². The van der Waals surface area contributed by atoms with Crippen LogP contribution < -0.4 is 24.9 Å². The van der Waals surface area contributed by atoms with E-state index in [0.717, 1.165) is 15.5 Å². The molecule has 4 heterocycles. The average molecular weight is 970 g/mol. The zero-order valence-corrected chi connectivity index (χ0v) is 42.2. The fraction of sp³-hybridized carbons (Fsp3) is 0.457. The highest BCUT2D eigenvalue weighted by Crippen LogP contribution is 2.41. The van der Waals surface area contributed by atoms with E-state index in [1.165, 1.54) is 7.11 Å². The Morgan fingerprint density at radius 1 is 0.600 bits per heavy atom. The third kappa shape index (κ3) is 12.4. The van der Waals surface area contributed by atoms with E-state index < -0.39 is 7.12 Å². The smallest absolute Gasteiger partial charge is 0.494 e. The molecule has 14 nitrogen and oxygen atoms in total. The minimum Gasteiger partial charge on any atom is -0.495 e. The van der Waals surface area contributed by atoms with Gasteiger partial charge in [-0.25, -0.2) is 9.97 Å². The molecule has 0 aliphatic carbocycles. The number of nitrogens with zero attached hydrogens (tertiary/aromatic N) is 5. The van der Waals surface area contributed by atoms with Crippen molar-refractivity contribution in [3.05, 3.63) is 93.3 Å². The topological polar surface area (TPSA) is 183 Å². The van der Waals surface area contributed by atoms with Gasteiger partial charge >= 0.3 is 21.1 Å². The number of rotatable bonds is 6. The van der Waals surface area contributed by atoms with Gasteiger partial charge in [0.25, 0.3) is 0 Å². The minimum atomic E-state index is -0.456. The van der Waals surface area contributed by atoms with Gasteiger partial charge in [0.2, 0.25) is 5.28 Å². The Bertz CT molecular complexity index is 2370. The molecule has 3 saturated heterocycles. The van der Waals surface area contributed by atoms with Crippen molar-refractivity contribution in [1.29, 1.82) is 15.8 Å². The van der Waals surface area contributed by atoms with Crippen LogP contribution in [0.25, 0.3) is 11.3 Å². The van der Waals surface area contributed by atoms with Crippen LogP contribution in [-0.2, 0) is 23.3 Å². The molecule has 0 unspecified atom stereocenters. The second-order valence-corrected chi connectivity index (χ2v) is 19.6. The fourth-order valence-electron chi connectivity index (χ4n) is 6.32. The summed E-state index contributed by atoms with van der Waals surface area (Å²) >= 11 is 8.97. The van der Waals surface area contributed by atoms with Gasteiger partial charge in [-0.1, -0.05) is 22.0 Å². The summed E-state index contributed by atoms with van der Waals surface area (Å²) in [5, 5.41) is 30.4. The highest BCUT2D eigenvalue weighted by Gasteiger charge is 2.62. The van der Waals surface area contributed by atoms with Gasteiger partial charge in [-0.05, 0) is 155 Å². The summed E-state index contributed by atoms with van der Waals surface area (Å²) in [5.74, 6) is 1.70. The van der Waals surface area contributed by atoms with Gasteiger partial charge in [0.05, 0.1) is 71.7 Å². The zero-order valence-electron chi connectivity index (χ0n) is 39.8. The first-order valence-electron chi connectivity index (χ1n) is 20.8. The zero-order chi connectivity index (χ0) is 48.8. The molecule has 3 aromatic carbocycles. The number of aromatic nitrogens is 2. The monoisotopic (exact) mass is 968 g/mol. The first kappa shape index (κ1) is 53.0. The molecule has 1 aromatic heterocycles. The molecule has 3 aliphatic rings. The summed E-state index contributed by atoms with van der Waals surface area (Å²) in [6, 6.07) is 23.9. The molecule has 19 heteroatoms. The number of nitrogens with one attached hydrogen (secondary N) is 1. The molecule has 0 bridgehead atoms. The highest BCUT2D eigenvalue weighted by atomic mass is 79.9. The van der Waals surface area contributed by atoms with Crippen LogP contribution >= 0.6 is 27.5 Å². The first-order valence-corrected chi connectivity index (χ1v) is 21.9. The lowest BCUT2D eigenvalue weighted by atomic mass is 9.45. The Kier molecular flexibility index (Phi) is 17.0. The van der Waals surface area contributed by atoms with Crippen molar-refractivity contribution < 1.29 is 37.5 Å². The van der Waals surface area contributed by atoms with Gasteiger partial charge in [0.1, 0.15) is 35.5 Å². The lowest BCUT2D eigenvalue weighted by Crippen LogP contribution is -2.53. The van der Waals surface area contributed by atoms with E-state index >= 15 is 0 Å². The summed E-state index contributed by atoms with van der Waals surface area (Å²) < 4.78 is 46.1. The molecular formula is C46H57B3BrClN6O8. The molecule has 0 spiro atoms. The van der Waals surface area contributed by atoms with Crippen molar-refractivity contribution >= 4 is 54.1 Å². The number of hydrogen-bond donors (Lipinski definition) is 1. The largest absolute Gasteiger partial charge is 0.495 e. The van der Waals surface area contributed by atoms with E-state index in [1.807, 2.05) is 52.0 Å². The Morgan fingerprint density at radius 2 is 1.06 bits per heavy atom. The van der Waals surface area contributed by atoms with Gasteiger partial charge in [-0.2, -0.15) is 15.8 Å². The van der Waals surface area contributed by atoms with Crippen LogP contribution in [0.5, 0.6) is 17.2 Å². The third-order valence-corrected chi connectivity index (χ3v) is 13.0. The Morgan fingerprint density at radius 3 is 1.52 bits per heavy atom. The maximum Gasteiger partial charge on any atom is 0.494 e. The molecule has 7 rings (SSSR count). The molecule has 0 radical (unpaired) electrons. The molecule has 4 aromatic rings. The van der Waals surface area contributed by atoms with E-state index in [-0.39, 0.29) is 52.8 Å². The van der Waals surface area contributed by atoms with Crippen LogP contribution in [-0.4, -0.2) is 85.9 Å². The predicted octanol–water partition coefficient (Wildman–Crippen LogP) is 8.69. The molecular weight excluding hydrogens is 912 g/mol. The summed E-state index contributed by atoms with van der Waals surface area (Å²) in [7, 11) is 3.80. The second-order valence-electron chi connectivity index (χ2n) is 18.3. The molecule has 0 amide bonds. The van der Waals surface area contributed by atoms with Crippen molar-refractivity contribution in [3.8, 4) is 46.7 Å². The van der Waals surface area contributed by atoms with Gasteiger partial charge in [0.15, 0.2) is 0 Å². The van der Waals surface area contributed by atoms with Gasteiger partial charge in [-0.15, -0.1) is 0 Å². The maximum absolute atomic E-state index is 9.11. The summed E-state index contributed by atoms with van der Waals surface area (Å²) in [4.78, 5) is 7.88. The third-order valence-electron chi connectivity index (χ3n) is 12.3. The normalized spacial score (nSPS) is 18.8. The Hall–Kier alpha value is -4.67. The number of benzene rings is 3.